The number of benzene rings is 4. The molecule has 0 aliphatic heterocycles. The summed E-state index contributed by atoms with van der Waals surface area (Å²) in [7, 11) is -2.19. The second-order valence-corrected chi connectivity index (χ2v) is 29.2. The van der Waals surface area contributed by atoms with Crippen LogP contribution in [0, 0.1) is 64.2 Å². The number of ether oxygens (including phenoxy) is 4. The molecule has 36 heteroatoms. The highest BCUT2D eigenvalue weighted by Gasteiger charge is 2.29. The molecule has 0 spiro atoms. The molecule has 536 valence electrons. The zero-order valence-corrected chi connectivity index (χ0v) is 61.6. The van der Waals surface area contributed by atoms with Crippen LogP contribution >= 0.6 is 22.7 Å². The minimum Gasteiger partial charge on any atom is -0.427 e. The van der Waals surface area contributed by atoms with E-state index in [9.17, 15) is 36.9 Å². The summed E-state index contributed by atoms with van der Waals surface area (Å²) < 4.78 is 83.6. The van der Waals surface area contributed by atoms with Crippen molar-refractivity contribution >= 4 is 121 Å². The van der Waals surface area contributed by atoms with E-state index in [0.717, 1.165) is 67.2 Å². The van der Waals surface area contributed by atoms with E-state index in [1.165, 1.54) is 72.0 Å². The monoisotopic (exact) mass is 1470 g/mol. The van der Waals surface area contributed by atoms with E-state index in [-0.39, 0.29) is 65.2 Å². The van der Waals surface area contributed by atoms with Gasteiger partial charge in [-0.1, -0.05) is 58.1 Å². The number of hydrogen-bond acceptors (Lipinski definition) is 30. The van der Waals surface area contributed by atoms with Crippen LogP contribution in [0.4, 0.5) is 46.3 Å². The lowest BCUT2D eigenvalue weighted by Gasteiger charge is -2.16. The Labute approximate surface area is 601 Å². The van der Waals surface area contributed by atoms with Gasteiger partial charge in [-0.25, -0.2) is 56.1 Å². The van der Waals surface area contributed by atoms with Gasteiger partial charge in [0.25, 0.3) is 0 Å². The number of rotatable bonds is 32. The van der Waals surface area contributed by atoms with Crippen LogP contribution < -0.4 is 30.7 Å². The van der Waals surface area contributed by atoms with E-state index in [0.29, 0.717) is 96.3 Å². The van der Waals surface area contributed by atoms with Crippen LogP contribution in [-0.4, -0.2) is 152 Å². The Hall–Kier alpha value is -10.7. The van der Waals surface area contributed by atoms with Crippen molar-refractivity contribution < 1.29 is 45.4 Å². The lowest BCUT2D eigenvalue weighted by atomic mass is 9.97. The highest BCUT2D eigenvalue weighted by Crippen LogP contribution is 2.38. The second-order valence-electron chi connectivity index (χ2n) is 23.8. The van der Waals surface area contributed by atoms with Gasteiger partial charge in [-0.05, 0) is 138 Å². The summed E-state index contributed by atoms with van der Waals surface area (Å²) in [4.78, 5) is 54.1. The summed E-state index contributed by atoms with van der Waals surface area (Å²) in [6.45, 7) is 15.8. The number of azo groups is 2. The van der Waals surface area contributed by atoms with Crippen molar-refractivity contribution in [3.63, 3.8) is 0 Å². The van der Waals surface area contributed by atoms with E-state index in [4.69, 9.17) is 38.9 Å². The Morgan fingerprint density at radius 1 is 0.553 bits per heavy atom. The van der Waals surface area contributed by atoms with Gasteiger partial charge in [0.05, 0.1) is 42.6 Å². The molecule has 2 unspecified atom stereocenters. The van der Waals surface area contributed by atoms with Gasteiger partial charge in [-0.3, -0.25) is 9.59 Å². The summed E-state index contributed by atoms with van der Waals surface area (Å²) in [6.07, 6.45) is 5.10. The number of aryl methyl sites for hydroxylation is 6. The van der Waals surface area contributed by atoms with Crippen LogP contribution in [-0.2, 0) is 61.4 Å². The zero-order chi connectivity index (χ0) is 73.9. The number of esters is 2. The molecule has 4 aromatic carbocycles. The van der Waals surface area contributed by atoms with E-state index in [1.807, 2.05) is 0 Å². The molecule has 0 fully saturated rings. The molecule has 0 aliphatic carbocycles. The number of carbonyl (C=O) groups is 2. The van der Waals surface area contributed by atoms with Gasteiger partial charge in [-0.2, -0.15) is 20.0 Å². The Morgan fingerprint density at radius 3 is 1.29 bits per heavy atom. The summed E-state index contributed by atoms with van der Waals surface area (Å²) in [5.74, 6) is 0.348. The Balaban J connectivity index is 0.745. The molecular weight excluding hydrogens is 1400 g/mol. The van der Waals surface area contributed by atoms with Gasteiger partial charge in [-0.15, -0.1) is 30.7 Å². The molecule has 6 N–H and O–H groups in total. The molecule has 0 saturated carbocycles. The fraction of sp³-hybridized carbons (Fsp3) is 0.343. The number of nitrogens with zero attached hydrogens (tertiary/aromatic N) is 16. The highest BCUT2D eigenvalue weighted by atomic mass is 32.2. The maximum Gasteiger partial charge on any atom is 0.326 e. The zero-order valence-electron chi connectivity index (χ0n) is 58.3. The first-order valence-corrected chi connectivity index (χ1v) is 36.7. The lowest BCUT2D eigenvalue weighted by molar-refractivity contribution is -0.169. The SMILES string of the molecule is CNc1nc(Cc2c(C)cc(C)cc2C)nc(NCCCOC)c1N=Nc1nn(-c2nc3cc(S(=O)(=O)NC(C)C(=O)OCOC(=O)C(C)NS(=O)(=O)c4ccc5sc(-n6cc(C#N)c(N=Nc7c(NC)nc(Cc8c(C)cc(C)cc8C)nc7NCCCOC)n6)nc5c4)ccc3s2)cc1C#N. The normalized spacial score (nSPS) is 12.4. The van der Waals surface area contributed by atoms with Crippen LogP contribution in [0.25, 0.3) is 30.7 Å². The third kappa shape index (κ3) is 18.0. The molecule has 32 nitrogen and oxygen atoms in total. The first-order valence-electron chi connectivity index (χ1n) is 32.1. The smallest absolute Gasteiger partial charge is 0.326 e. The molecule has 6 aromatic heterocycles. The fourth-order valence-electron chi connectivity index (χ4n) is 10.9. The average Bonchev–Trinajstić information content (AvgIpc) is 1.70. The molecular formula is C67H74N22O10S4. The number of aromatic nitrogens is 10. The van der Waals surface area contributed by atoms with E-state index >= 15 is 0 Å². The van der Waals surface area contributed by atoms with Gasteiger partial charge in [0.1, 0.15) is 47.0 Å². The first kappa shape index (κ1) is 75.0. The Morgan fingerprint density at radius 2 is 0.932 bits per heavy atom. The predicted molar refractivity (Wildman–Crippen MR) is 388 cm³/mol. The van der Waals surface area contributed by atoms with Crippen molar-refractivity contribution in [2.45, 2.75) is 103 Å². The minimum absolute atomic E-state index is 0.0399. The maximum atomic E-state index is 13.7. The number of nitrogens with one attached hydrogen (secondary N) is 6. The summed E-state index contributed by atoms with van der Waals surface area (Å²) >= 11 is 2.30. The molecule has 2 atom stereocenters. The number of thiazole rings is 2. The maximum absolute atomic E-state index is 13.7. The van der Waals surface area contributed by atoms with Crippen LogP contribution in [0.5, 0.6) is 0 Å². The number of nitriles is 2. The molecule has 0 radical (unpaired) electrons. The summed E-state index contributed by atoms with van der Waals surface area (Å²) in [6, 6.07) is 17.9. The van der Waals surface area contributed by atoms with E-state index in [2.05, 4.69) is 149 Å². The number of carbonyl (C=O) groups excluding carboxylic acids is 2. The van der Waals surface area contributed by atoms with Crippen LogP contribution in [0.2, 0.25) is 0 Å². The molecule has 10 rings (SSSR count). The minimum atomic E-state index is -4.42. The van der Waals surface area contributed by atoms with Crippen molar-refractivity contribution in [3.8, 4) is 22.4 Å². The number of fused-ring (bicyclic) bond motifs is 2. The fourth-order valence-corrected chi connectivity index (χ4v) is 15.1. The number of sulfonamides is 2. The summed E-state index contributed by atoms with van der Waals surface area (Å²) in [5.41, 5.74) is 10.2. The van der Waals surface area contributed by atoms with Crippen LogP contribution in [0.15, 0.2) is 103 Å². The molecule has 0 saturated heterocycles. The highest BCUT2D eigenvalue weighted by molar-refractivity contribution is 7.89. The summed E-state index contributed by atoms with van der Waals surface area (Å²) in [5, 5.41) is 60.5. The van der Waals surface area contributed by atoms with Crippen molar-refractivity contribution in [3.05, 3.63) is 140 Å². The number of anilines is 4. The largest absolute Gasteiger partial charge is 0.427 e. The lowest BCUT2D eigenvalue weighted by Crippen LogP contribution is -2.41. The van der Waals surface area contributed by atoms with Crippen molar-refractivity contribution in [1.29, 1.82) is 10.5 Å². The molecule has 0 bridgehead atoms. The van der Waals surface area contributed by atoms with Gasteiger partial charge in [0, 0.05) is 67.5 Å². The second kappa shape index (κ2) is 33.0. The van der Waals surface area contributed by atoms with Crippen molar-refractivity contribution in [2.24, 2.45) is 20.5 Å². The van der Waals surface area contributed by atoms with E-state index < -0.39 is 50.9 Å². The van der Waals surface area contributed by atoms with Crippen molar-refractivity contribution in [1.82, 2.24) is 58.9 Å². The van der Waals surface area contributed by atoms with Gasteiger partial charge >= 0.3 is 11.9 Å². The number of hydrogen-bond donors (Lipinski definition) is 6. The molecule has 103 heavy (non-hydrogen) atoms. The standard InChI is InChI=1S/C67H74N22O10S4/c1-36-23-38(3)48(39(4)24-36)29-54-76-60(70-9)56(62(78-54)72-19-13-21-96-11)80-82-58-44(31-68)33-88(84-58)66-74-50-27-46(15-17-52(50)100-66)102(92,93)86-42(7)64(90)98-35-99-65(91)43(8)87-103(94,95)47-16-18-53-51(28-47)75-67(101-53)89-34-45(32-69)59(85-89)83-81-57-61(71-10)77-55(79-63(57)73-20-14-22-97-12)30-49-40(5)25-37(2)26-41(49)6/h15-18,23-28,33-34,42-43,86-87H,13-14,19-22,29-30,35H2,1-12H3,(H2,70,72,76,78)(H2,71,73,77,79). The topological polar surface area (TPSA) is 422 Å². The van der Waals surface area contributed by atoms with Gasteiger partial charge in [0.15, 0.2) is 34.6 Å². The average molecular weight is 1480 g/mol. The third-order valence-corrected chi connectivity index (χ3v) is 21.1. The first-order chi connectivity index (χ1) is 49.3. The predicted octanol–water partition coefficient (Wildman–Crippen LogP) is 10.5. The van der Waals surface area contributed by atoms with E-state index in [1.54, 1.807) is 28.3 Å². The van der Waals surface area contributed by atoms with Gasteiger partial charge in [0.2, 0.25) is 48.7 Å². The quantitative estimate of drug-likeness (QED) is 0.00987. The Bertz CT molecular complexity index is 4880. The Kier molecular flexibility index (Phi) is 24.0. The molecule has 10 aromatic rings. The molecule has 6 heterocycles. The van der Waals surface area contributed by atoms with Gasteiger partial charge < -0.3 is 40.2 Å². The van der Waals surface area contributed by atoms with Crippen molar-refractivity contribution in [2.75, 3.05) is 82.7 Å². The number of methoxy groups -OCH3 is 2. The molecule has 0 aliphatic rings. The molecule has 0 amide bonds. The van der Waals surface area contributed by atoms with Crippen LogP contribution in [0.3, 0.4) is 0 Å². The third-order valence-electron chi connectivity index (χ3n) is 15.9. The van der Waals surface area contributed by atoms with Crippen LogP contribution in [0.1, 0.15) is 94.0 Å².